The Morgan fingerprint density at radius 1 is 1.24 bits per heavy atom. The van der Waals surface area contributed by atoms with Crippen LogP contribution in [-0.2, 0) is 9.47 Å². The van der Waals surface area contributed by atoms with Crippen molar-refractivity contribution in [2.24, 2.45) is 0 Å². The van der Waals surface area contributed by atoms with Crippen molar-refractivity contribution in [3.05, 3.63) is 35.1 Å². The van der Waals surface area contributed by atoms with Crippen LogP contribution in [0.25, 0.3) is 5.57 Å². The molecule has 1 saturated heterocycles. The molecule has 0 radical (unpaired) electrons. The van der Waals surface area contributed by atoms with Crippen LogP contribution in [0.15, 0.2) is 24.4 Å². The van der Waals surface area contributed by atoms with Crippen LogP contribution < -0.4 is 0 Å². The van der Waals surface area contributed by atoms with Gasteiger partial charge in [-0.05, 0) is 23.6 Å². The normalized spacial score (nSPS) is 22.8. The summed E-state index contributed by atoms with van der Waals surface area (Å²) in [5.41, 5.74) is 2.45. The lowest BCUT2D eigenvalue weighted by Gasteiger charge is -2.30. The lowest BCUT2D eigenvalue weighted by atomic mass is 9.90. The molecule has 17 heavy (non-hydrogen) atoms. The standard InChI is InChI=1S/C13H14ClNO2/c14-12-2-1-11(9-15-12)10-3-5-13(6-4-10)16-7-8-17-13/h1-3,9H,4-8H2. The van der Waals surface area contributed by atoms with E-state index >= 15 is 0 Å². The zero-order chi connectivity index (χ0) is 11.7. The lowest BCUT2D eigenvalue weighted by molar-refractivity contribution is -0.159. The topological polar surface area (TPSA) is 31.4 Å². The van der Waals surface area contributed by atoms with E-state index in [1.165, 1.54) is 5.57 Å². The molecule has 0 unspecified atom stereocenters. The fraction of sp³-hybridized carbons (Fsp3) is 0.462. The van der Waals surface area contributed by atoms with Gasteiger partial charge in [-0.1, -0.05) is 23.7 Å². The molecule has 1 spiro atoms. The molecular weight excluding hydrogens is 238 g/mol. The Hall–Kier alpha value is -0.900. The van der Waals surface area contributed by atoms with Gasteiger partial charge in [0.25, 0.3) is 0 Å². The summed E-state index contributed by atoms with van der Waals surface area (Å²) in [6.45, 7) is 1.43. The van der Waals surface area contributed by atoms with Gasteiger partial charge in [-0.2, -0.15) is 0 Å². The van der Waals surface area contributed by atoms with Crippen molar-refractivity contribution in [1.82, 2.24) is 4.98 Å². The van der Waals surface area contributed by atoms with Gasteiger partial charge in [0.2, 0.25) is 0 Å². The third-order valence-electron chi connectivity index (χ3n) is 3.35. The first kappa shape index (κ1) is 11.2. The number of pyridine rings is 1. The zero-order valence-electron chi connectivity index (χ0n) is 9.49. The number of ether oxygens (including phenoxy) is 2. The van der Waals surface area contributed by atoms with Crippen LogP contribution in [0.1, 0.15) is 24.8 Å². The summed E-state index contributed by atoms with van der Waals surface area (Å²) >= 11 is 5.78. The highest BCUT2D eigenvalue weighted by atomic mass is 35.5. The molecule has 0 bridgehead atoms. The summed E-state index contributed by atoms with van der Waals surface area (Å²) in [7, 11) is 0. The Morgan fingerprint density at radius 2 is 2.06 bits per heavy atom. The second-order valence-electron chi connectivity index (χ2n) is 4.41. The van der Waals surface area contributed by atoms with E-state index < -0.39 is 0 Å². The van der Waals surface area contributed by atoms with Crippen molar-refractivity contribution in [1.29, 1.82) is 0 Å². The summed E-state index contributed by atoms with van der Waals surface area (Å²) < 4.78 is 11.4. The van der Waals surface area contributed by atoms with Gasteiger partial charge in [0.05, 0.1) is 13.2 Å². The van der Waals surface area contributed by atoms with Crippen molar-refractivity contribution in [2.75, 3.05) is 13.2 Å². The molecule has 2 aliphatic rings. The number of allylic oxidation sites excluding steroid dienone is 1. The molecule has 3 rings (SSSR count). The monoisotopic (exact) mass is 251 g/mol. The smallest absolute Gasteiger partial charge is 0.172 e. The van der Waals surface area contributed by atoms with Crippen molar-refractivity contribution in [3.8, 4) is 0 Å². The van der Waals surface area contributed by atoms with Crippen molar-refractivity contribution < 1.29 is 9.47 Å². The summed E-state index contributed by atoms with van der Waals surface area (Å²) in [5, 5.41) is 0.532. The fourth-order valence-corrected chi connectivity index (χ4v) is 2.51. The molecule has 0 amide bonds. The van der Waals surface area contributed by atoms with Gasteiger partial charge >= 0.3 is 0 Å². The van der Waals surface area contributed by atoms with Gasteiger partial charge in [-0.25, -0.2) is 4.98 Å². The predicted molar refractivity (Wildman–Crippen MR) is 65.7 cm³/mol. The first-order chi connectivity index (χ1) is 8.27. The largest absolute Gasteiger partial charge is 0.347 e. The maximum absolute atomic E-state index is 5.78. The Bertz CT molecular complexity index is 435. The van der Waals surface area contributed by atoms with Gasteiger partial charge in [-0.3, -0.25) is 0 Å². The van der Waals surface area contributed by atoms with Gasteiger partial charge < -0.3 is 9.47 Å². The Morgan fingerprint density at radius 3 is 2.65 bits per heavy atom. The van der Waals surface area contributed by atoms with Gasteiger partial charge in [0.1, 0.15) is 5.15 Å². The molecule has 1 aliphatic heterocycles. The van der Waals surface area contributed by atoms with Crippen LogP contribution in [-0.4, -0.2) is 24.0 Å². The second-order valence-corrected chi connectivity index (χ2v) is 4.80. The zero-order valence-corrected chi connectivity index (χ0v) is 10.2. The van der Waals surface area contributed by atoms with E-state index in [2.05, 4.69) is 11.1 Å². The van der Waals surface area contributed by atoms with Crippen LogP contribution in [0, 0.1) is 0 Å². The molecule has 0 saturated carbocycles. The van der Waals surface area contributed by atoms with E-state index in [0.717, 1.165) is 24.8 Å². The Kier molecular flexibility index (Phi) is 2.90. The minimum Gasteiger partial charge on any atom is -0.347 e. The molecule has 1 fully saturated rings. The van der Waals surface area contributed by atoms with E-state index in [1.54, 1.807) is 0 Å². The lowest BCUT2D eigenvalue weighted by Crippen LogP contribution is -2.31. The highest BCUT2D eigenvalue weighted by Gasteiger charge is 2.37. The third kappa shape index (κ3) is 2.23. The van der Waals surface area contributed by atoms with E-state index in [9.17, 15) is 0 Å². The number of hydrogen-bond acceptors (Lipinski definition) is 3. The molecule has 90 valence electrons. The first-order valence-corrected chi connectivity index (χ1v) is 6.24. The van der Waals surface area contributed by atoms with Crippen LogP contribution in [0.2, 0.25) is 5.15 Å². The highest BCUT2D eigenvalue weighted by Crippen LogP contribution is 2.37. The van der Waals surface area contributed by atoms with E-state index in [-0.39, 0.29) is 5.79 Å². The molecule has 4 heteroatoms. The summed E-state index contributed by atoms with van der Waals surface area (Å²) in [4.78, 5) is 4.11. The SMILES string of the molecule is Clc1ccc(C2=CCC3(CC2)OCCO3)cn1. The van der Waals surface area contributed by atoms with Gasteiger partial charge in [-0.15, -0.1) is 0 Å². The Labute approximate surface area is 105 Å². The molecule has 1 aromatic rings. The second kappa shape index (κ2) is 4.41. The molecule has 0 N–H and O–H groups in total. The molecular formula is C13H14ClNO2. The maximum Gasteiger partial charge on any atom is 0.172 e. The quantitative estimate of drug-likeness (QED) is 0.719. The summed E-state index contributed by atoms with van der Waals surface area (Å²) in [5.74, 6) is -0.344. The minimum atomic E-state index is -0.344. The van der Waals surface area contributed by atoms with Crippen LogP contribution >= 0.6 is 11.6 Å². The van der Waals surface area contributed by atoms with Gasteiger partial charge in [0.15, 0.2) is 5.79 Å². The van der Waals surface area contributed by atoms with Crippen LogP contribution in [0.3, 0.4) is 0 Å². The molecule has 0 atom stereocenters. The number of rotatable bonds is 1. The first-order valence-electron chi connectivity index (χ1n) is 5.86. The number of halogens is 1. The molecule has 1 aliphatic carbocycles. The molecule has 1 aromatic heterocycles. The van der Waals surface area contributed by atoms with Crippen molar-refractivity contribution in [3.63, 3.8) is 0 Å². The third-order valence-corrected chi connectivity index (χ3v) is 3.57. The minimum absolute atomic E-state index is 0.344. The van der Waals surface area contributed by atoms with E-state index in [0.29, 0.717) is 18.4 Å². The van der Waals surface area contributed by atoms with E-state index in [4.69, 9.17) is 21.1 Å². The fourth-order valence-electron chi connectivity index (χ4n) is 2.40. The maximum atomic E-state index is 5.78. The highest BCUT2D eigenvalue weighted by molar-refractivity contribution is 6.29. The molecule has 3 nitrogen and oxygen atoms in total. The average molecular weight is 252 g/mol. The van der Waals surface area contributed by atoms with Crippen molar-refractivity contribution >= 4 is 17.2 Å². The van der Waals surface area contributed by atoms with E-state index in [1.807, 2.05) is 18.3 Å². The number of nitrogens with zero attached hydrogens (tertiary/aromatic N) is 1. The summed E-state index contributed by atoms with van der Waals surface area (Å²) in [6.07, 6.45) is 6.72. The van der Waals surface area contributed by atoms with Gasteiger partial charge in [0, 0.05) is 19.0 Å². The predicted octanol–water partition coefficient (Wildman–Crippen LogP) is 3.05. The number of hydrogen-bond donors (Lipinski definition) is 0. The number of aromatic nitrogens is 1. The average Bonchev–Trinajstić information content (AvgIpc) is 2.80. The molecule has 0 aromatic carbocycles. The van der Waals surface area contributed by atoms with Crippen molar-refractivity contribution in [2.45, 2.75) is 25.0 Å². The Balaban J connectivity index is 1.78. The summed E-state index contributed by atoms with van der Waals surface area (Å²) in [6, 6.07) is 3.83. The van der Waals surface area contributed by atoms with Crippen LogP contribution in [0.4, 0.5) is 0 Å². The molecule has 2 heterocycles. The van der Waals surface area contributed by atoms with Crippen LogP contribution in [0.5, 0.6) is 0 Å².